The highest BCUT2D eigenvalue weighted by molar-refractivity contribution is 6.31. The van der Waals surface area contributed by atoms with Gasteiger partial charge in [0.1, 0.15) is 16.9 Å². The van der Waals surface area contributed by atoms with E-state index in [9.17, 15) is 9.59 Å². The van der Waals surface area contributed by atoms with Crippen molar-refractivity contribution < 1.29 is 14.3 Å². The Hall–Kier alpha value is -4.02. The van der Waals surface area contributed by atoms with Crippen LogP contribution in [0.5, 0.6) is 11.5 Å². The van der Waals surface area contributed by atoms with Crippen molar-refractivity contribution >= 4 is 52.3 Å². The fraction of sp³-hybridized carbons (Fsp3) is 0.129. The van der Waals surface area contributed by atoms with Crippen LogP contribution in [0, 0.1) is 11.3 Å². The number of rotatable bonds is 4. The molecule has 4 aromatic rings. The molecule has 2 N–H and O–H groups in total. The minimum absolute atomic E-state index is 0.0543. The largest absolute Gasteiger partial charge is 0.457 e. The molecule has 198 valence electrons. The van der Waals surface area contributed by atoms with Crippen LogP contribution in [0.4, 0.5) is 5.69 Å². The molecule has 0 aliphatic carbocycles. The molecule has 0 bridgehead atoms. The summed E-state index contributed by atoms with van der Waals surface area (Å²) in [5, 5.41) is 16.6. The van der Waals surface area contributed by atoms with E-state index in [0.717, 1.165) is 5.56 Å². The molecule has 6 rings (SSSR count). The first-order valence-electron chi connectivity index (χ1n) is 12.4. The number of piperidine rings is 1. The van der Waals surface area contributed by atoms with E-state index in [1.54, 1.807) is 72.8 Å². The molecule has 2 aliphatic rings. The van der Waals surface area contributed by atoms with Crippen LogP contribution in [0.15, 0.2) is 84.9 Å². The molecule has 4 aromatic carbocycles. The molecule has 1 spiro atoms. The predicted octanol–water partition coefficient (Wildman–Crippen LogP) is 7.55. The molecule has 3 atom stereocenters. The highest BCUT2D eigenvalue weighted by Gasteiger charge is 2.61. The number of hydrogen-bond acceptors (Lipinski definition) is 4. The zero-order valence-corrected chi connectivity index (χ0v) is 23.0. The topological polar surface area (TPSA) is 91.2 Å². The van der Waals surface area contributed by atoms with Crippen molar-refractivity contribution in [2.45, 2.75) is 23.8 Å². The summed E-state index contributed by atoms with van der Waals surface area (Å²) in [6.07, 6.45) is 0.0543. The van der Waals surface area contributed by atoms with Crippen molar-refractivity contribution in [1.29, 1.82) is 5.26 Å². The van der Waals surface area contributed by atoms with Crippen molar-refractivity contribution in [2.75, 3.05) is 5.32 Å². The Labute approximate surface area is 245 Å². The molecule has 9 heteroatoms. The maximum atomic E-state index is 14.3. The number of fused-ring (bicyclic) bond motifs is 2. The van der Waals surface area contributed by atoms with Crippen LogP contribution >= 0.6 is 34.8 Å². The lowest BCUT2D eigenvalue weighted by Crippen LogP contribution is -2.56. The SMILES string of the molecule is N#Cc1ccc(Oc2ccc(Cl)cc2[C@H]2NC(=O)C[C@@H](c3cccc(Cl)c3)[C@]23C(=O)Nc2cc(Cl)ccc23)cc1. The van der Waals surface area contributed by atoms with Gasteiger partial charge in [0.05, 0.1) is 17.7 Å². The summed E-state index contributed by atoms with van der Waals surface area (Å²) in [5.41, 5.74) is 1.75. The first-order valence-corrected chi connectivity index (χ1v) is 13.6. The Morgan fingerprint density at radius 3 is 2.35 bits per heavy atom. The second-order valence-electron chi connectivity index (χ2n) is 9.75. The summed E-state index contributed by atoms with van der Waals surface area (Å²) in [4.78, 5) is 27.6. The maximum Gasteiger partial charge on any atom is 0.238 e. The second-order valence-corrected chi connectivity index (χ2v) is 11.1. The molecule has 6 nitrogen and oxygen atoms in total. The lowest BCUT2D eigenvalue weighted by molar-refractivity contribution is -0.131. The monoisotopic (exact) mass is 587 g/mol. The summed E-state index contributed by atoms with van der Waals surface area (Å²) in [6, 6.07) is 25.4. The molecule has 0 radical (unpaired) electrons. The van der Waals surface area contributed by atoms with Crippen LogP contribution in [0.2, 0.25) is 15.1 Å². The van der Waals surface area contributed by atoms with E-state index in [4.69, 9.17) is 44.8 Å². The molecular weight excluding hydrogens is 569 g/mol. The molecule has 0 saturated carbocycles. The first-order chi connectivity index (χ1) is 19.3. The Morgan fingerprint density at radius 1 is 0.875 bits per heavy atom. The molecule has 0 aromatic heterocycles. The van der Waals surface area contributed by atoms with E-state index in [-0.39, 0.29) is 18.2 Å². The van der Waals surface area contributed by atoms with Crippen LogP contribution < -0.4 is 15.4 Å². The lowest BCUT2D eigenvalue weighted by Gasteiger charge is -2.46. The van der Waals surface area contributed by atoms with Gasteiger partial charge in [-0.3, -0.25) is 9.59 Å². The number of nitriles is 1. The summed E-state index contributed by atoms with van der Waals surface area (Å²) in [6.45, 7) is 0. The Kier molecular flexibility index (Phi) is 6.67. The average Bonchev–Trinajstić information content (AvgIpc) is 3.22. The van der Waals surface area contributed by atoms with E-state index >= 15 is 0 Å². The summed E-state index contributed by atoms with van der Waals surface area (Å²) in [7, 11) is 0. The molecule has 2 heterocycles. The summed E-state index contributed by atoms with van der Waals surface area (Å²) in [5.74, 6) is -0.216. The number of amides is 2. The van der Waals surface area contributed by atoms with Crippen LogP contribution in [-0.2, 0) is 15.0 Å². The fourth-order valence-electron chi connectivity index (χ4n) is 5.83. The minimum Gasteiger partial charge on any atom is -0.457 e. The van der Waals surface area contributed by atoms with Gasteiger partial charge in [-0.1, -0.05) is 53.0 Å². The summed E-state index contributed by atoms with van der Waals surface area (Å²) < 4.78 is 6.26. The maximum absolute atomic E-state index is 14.3. The van der Waals surface area contributed by atoms with Gasteiger partial charge in [-0.25, -0.2) is 0 Å². The highest BCUT2D eigenvalue weighted by atomic mass is 35.5. The van der Waals surface area contributed by atoms with Gasteiger partial charge in [-0.2, -0.15) is 5.26 Å². The number of nitrogens with one attached hydrogen (secondary N) is 2. The van der Waals surface area contributed by atoms with E-state index < -0.39 is 17.4 Å². The van der Waals surface area contributed by atoms with E-state index in [1.807, 2.05) is 12.1 Å². The molecule has 1 fully saturated rings. The smallest absolute Gasteiger partial charge is 0.238 e. The second kappa shape index (κ2) is 10.2. The van der Waals surface area contributed by atoms with Crippen LogP contribution in [-0.4, -0.2) is 11.8 Å². The number of halogens is 3. The van der Waals surface area contributed by atoms with Crippen LogP contribution in [0.25, 0.3) is 0 Å². The predicted molar refractivity (Wildman–Crippen MR) is 154 cm³/mol. The van der Waals surface area contributed by atoms with Crippen molar-refractivity contribution in [2.24, 2.45) is 0 Å². The number of hydrogen-bond donors (Lipinski definition) is 2. The highest BCUT2D eigenvalue weighted by Crippen LogP contribution is 2.58. The third kappa shape index (κ3) is 4.37. The fourth-order valence-corrected chi connectivity index (χ4v) is 6.38. The Bertz CT molecular complexity index is 1720. The standard InChI is InChI=1S/C31H20Cl3N3O3/c32-19-3-1-2-18(12-19)25-15-28(38)37-29(31(25)24-10-6-21(34)14-26(24)36-30(31)39)23-13-20(33)7-11-27(23)40-22-8-4-17(16-35)5-9-22/h1-14,25,29H,15H2,(H,36,39)(H,37,38)/t25-,29+,31-/m0/s1. The van der Waals surface area contributed by atoms with Crippen LogP contribution in [0.3, 0.4) is 0 Å². The van der Waals surface area contributed by atoms with Gasteiger partial charge in [-0.15, -0.1) is 0 Å². The number of nitrogens with zero attached hydrogens (tertiary/aromatic N) is 1. The Balaban J connectivity index is 1.58. The van der Waals surface area contributed by atoms with Crippen molar-refractivity contribution in [3.05, 3.63) is 122 Å². The Morgan fingerprint density at radius 2 is 1.60 bits per heavy atom. The zero-order chi connectivity index (χ0) is 28.0. The third-order valence-electron chi connectivity index (χ3n) is 7.50. The molecule has 2 aliphatic heterocycles. The normalized spacial score (nSPS) is 21.4. The van der Waals surface area contributed by atoms with Gasteiger partial charge in [-0.05, 0) is 77.9 Å². The van der Waals surface area contributed by atoms with E-state index in [1.165, 1.54) is 0 Å². The number of carbonyl (C=O) groups is 2. The van der Waals surface area contributed by atoms with Gasteiger partial charge >= 0.3 is 0 Å². The van der Waals surface area contributed by atoms with Crippen molar-refractivity contribution in [3.63, 3.8) is 0 Å². The zero-order valence-electron chi connectivity index (χ0n) is 20.8. The quantitative estimate of drug-likeness (QED) is 0.258. The van der Waals surface area contributed by atoms with Crippen molar-refractivity contribution in [3.8, 4) is 17.6 Å². The van der Waals surface area contributed by atoms with Crippen LogP contribution in [0.1, 0.15) is 40.6 Å². The number of ether oxygens (including phenoxy) is 1. The molecule has 40 heavy (non-hydrogen) atoms. The number of anilines is 1. The summed E-state index contributed by atoms with van der Waals surface area (Å²) >= 11 is 19.2. The lowest BCUT2D eigenvalue weighted by atomic mass is 9.59. The molecule has 2 amide bonds. The van der Waals surface area contributed by atoms with Crippen molar-refractivity contribution in [1.82, 2.24) is 5.32 Å². The van der Waals surface area contributed by atoms with E-state index in [0.29, 0.717) is 48.9 Å². The van der Waals surface area contributed by atoms with Gasteiger partial charge in [0, 0.05) is 38.7 Å². The van der Waals surface area contributed by atoms with Gasteiger partial charge < -0.3 is 15.4 Å². The van der Waals surface area contributed by atoms with Gasteiger partial charge in [0.25, 0.3) is 0 Å². The molecule has 1 saturated heterocycles. The molecular formula is C31H20Cl3N3O3. The first kappa shape index (κ1) is 26.2. The third-order valence-corrected chi connectivity index (χ3v) is 8.20. The molecule has 0 unspecified atom stereocenters. The van der Waals surface area contributed by atoms with E-state index in [2.05, 4.69) is 16.7 Å². The van der Waals surface area contributed by atoms with Gasteiger partial charge in [0.2, 0.25) is 11.8 Å². The number of benzene rings is 4. The average molecular weight is 589 g/mol. The number of carbonyl (C=O) groups excluding carboxylic acids is 2. The minimum atomic E-state index is -1.29. The van der Waals surface area contributed by atoms with Gasteiger partial charge in [0.15, 0.2) is 0 Å².